The summed E-state index contributed by atoms with van der Waals surface area (Å²) < 4.78 is 13.1. The Morgan fingerprint density at radius 3 is 2.56 bits per heavy atom. The molecule has 0 radical (unpaired) electrons. The van der Waals surface area contributed by atoms with E-state index in [4.69, 9.17) is 0 Å². The lowest BCUT2D eigenvalue weighted by Gasteiger charge is -2.11. The van der Waals surface area contributed by atoms with E-state index in [0.29, 0.717) is 18.2 Å². The molecule has 1 amide bonds. The molecule has 0 spiro atoms. The molecule has 0 bridgehead atoms. The molecule has 2 rings (SSSR count). The van der Waals surface area contributed by atoms with Gasteiger partial charge in [0.15, 0.2) is 5.96 Å². The number of hydrogen-bond acceptors (Lipinski definition) is 2. The molecule has 0 unspecified atom stereocenters. The lowest BCUT2D eigenvalue weighted by atomic mass is 10.1. The molecule has 0 heterocycles. The molecule has 0 atom stereocenters. The van der Waals surface area contributed by atoms with E-state index < -0.39 is 0 Å². The quantitative estimate of drug-likeness (QED) is 0.232. The normalized spacial score (nSPS) is 10.7. The van der Waals surface area contributed by atoms with Crippen LogP contribution in [-0.4, -0.2) is 31.5 Å². The van der Waals surface area contributed by atoms with E-state index in [1.54, 1.807) is 12.1 Å². The number of carbonyl (C=O) groups is 1. The van der Waals surface area contributed by atoms with E-state index in [0.717, 1.165) is 19.4 Å². The number of guanidine groups is 1. The number of aliphatic imine (C=N–C) groups is 1. The highest BCUT2D eigenvalue weighted by molar-refractivity contribution is 14.0. The maximum Gasteiger partial charge on any atom is 0.246 e. The molecule has 5 nitrogen and oxygen atoms in total. The third-order valence-corrected chi connectivity index (χ3v) is 3.61. The summed E-state index contributed by atoms with van der Waals surface area (Å²) in [6, 6.07) is 16.1. The number of nitrogens with zero attached hydrogens (tertiary/aromatic N) is 1. The highest BCUT2D eigenvalue weighted by Crippen LogP contribution is 2.08. The molecule has 7 heteroatoms. The van der Waals surface area contributed by atoms with Crippen molar-refractivity contribution in [3.8, 4) is 0 Å². The van der Waals surface area contributed by atoms with Gasteiger partial charge in [0, 0.05) is 18.8 Å². The predicted molar refractivity (Wildman–Crippen MR) is 119 cm³/mol. The zero-order valence-corrected chi connectivity index (χ0v) is 17.7. The van der Waals surface area contributed by atoms with Gasteiger partial charge >= 0.3 is 0 Å². The van der Waals surface area contributed by atoms with Crippen molar-refractivity contribution in [1.29, 1.82) is 0 Å². The van der Waals surface area contributed by atoms with Gasteiger partial charge in [-0.2, -0.15) is 0 Å². The Morgan fingerprint density at radius 1 is 1.07 bits per heavy atom. The van der Waals surface area contributed by atoms with Gasteiger partial charge in [0.1, 0.15) is 12.4 Å². The van der Waals surface area contributed by atoms with Gasteiger partial charge in [-0.1, -0.05) is 36.4 Å². The lowest BCUT2D eigenvalue weighted by molar-refractivity contribution is -0.114. The number of aryl methyl sites for hydroxylation is 1. The molecular formula is C20H26FIN4O. The minimum Gasteiger partial charge on any atom is -0.357 e. The fourth-order valence-corrected chi connectivity index (χ4v) is 2.40. The first-order valence-corrected chi connectivity index (χ1v) is 8.79. The highest BCUT2D eigenvalue weighted by atomic mass is 127. The SMILES string of the molecule is CCNC(=NCC(=O)Nc1cccc(F)c1)NCCCc1ccccc1.I. The third kappa shape index (κ3) is 9.37. The second kappa shape index (κ2) is 13.1. The maximum atomic E-state index is 13.1. The summed E-state index contributed by atoms with van der Waals surface area (Å²) in [5, 5.41) is 8.95. The van der Waals surface area contributed by atoms with Crippen LogP contribution in [0.1, 0.15) is 18.9 Å². The number of halogens is 2. The molecule has 0 aromatic heterocycles. The molecule has 2 aromatic rings. The smallest absolute Gasteiger partial charge is 0.246 e. The average molecular weight is 484 g/mol. The molecule has 0 saturated heterocycles. The zero-order chi connectivity index (χ0) is 18.6. The van der Waals surface area contributed by atoms with Gasteiger partial charge in [0.2, 0.25) is 5.91 Å². The van der Waals surface area contributed by atoms with E-state index in [2.05, 4.69) is 33.1 Å². The topological polar surface area (TPSA) is 65.5 Å². The molecule has 0 aliphatic rings. The summed E-state index contributed by atoms with van der Waals surface area (Å²) in [5.74, 6) is -0.0910. The van der Waals surface area contributed by atoms with Gasteiger partial charge in [0.05, 0.1) is 0 Å². The summed E-state index contributed by atoms with van der Waals surface area (Å²) in [4.78, 5) is 16.2. The Hall–Kier alpha value is -2.16. The van der Waals surface area contributed by atoms with E-state index in [-0.39, 0.29) is 42.2 Å². The van der Waals surface area contributed by atoms with Crippen LogP contribution in [0.3, 0.4) is 0 Å². The second-order valence-electron chi connectivity index (χ2n) is 5.77. The summed E-state index contributed by atoms with van der Waals surface area (Å²) in [6.07, 6.45) is 1.94. The van der Waals surface area contributed by atoms with Crippen LogP contribution < -0.4 is 16.0 Å². The van der Waals surface area contributed by atoms with E-state index in [9.17, 15) is 9.18 Å². The lowest BCUT2D eigenvalue weighted by Crippen LogP contribution is -2.38. The van der Waals surface area contributed by atoms with Crippen LogP contribution in [0.4, 0.5) is 10.1 Å². The van der Waals surface area contributed by atoms with Crippen molar-refractivity contribution in [3.63, 3.8) is 0 Å². The van der Waals surface area contributed by atoms with E-state index >= 15 is 0 Å². The van der Waals surface area contributed by atoms with E-state index in [1.165, 1.54) is 17.7 Å². The van der Waals surface area contributed by atoms with Gasteiger partial charge in [-0.05, 0) is 43.5 Å². The first-order chi connectivity index (χ1) is 12.7. The Kier molecular flexibility index (Phi) is 11.1. The molecule has 0 saturated carbocycles. The molecule has 0 fully saturated rings. The third-order valence-electron chi connectivity index (χ3n) is 3.61. The molecule has 146 valence electrons. The van der Waals surface area contributed by atoms with Gasteiger partial charge in [0.25, 0.3) is 0 Å². The number of rotatable bonds is 8. The van der Waals surface area contributed by atoms with Crippen LogP contribution in [0, 0.1) is 5.82 Å². The Labute approximate surface area is 176 Å². The summed E-state index contributed by atoms with van der Waals surface area (Å²) >= 11 is 0. The van der Waals surface area contributed by atoms with Gasteiger partial charge < -0.3 is 16.0 Å². The van der Waals surface area contributed by atoms with Crippen molar-refractivity contribution >= 4 is 41.5 Å². The number of hydrogen-bond donors (Lipinski definition) is 3. The number of amides is 1. The summed E-state index contributed by atoms with van der Waals surface area (Å²) in [7, 11) is 0. The molecule has 3 N–H and O–H groups in total. The zero-order valence-electron chi connectivity index (χ0n) is 15.4. The largest absolute Gasteiger partial charge is 0.357 e. The van der Waals surface area contributed by atoms with Crippen molar-refractivity contribution in [2.24, 2.45) is 4.99 Å². The van der Waals surface area contributed by atoms with Crippen molar-refractivity contribution in [1.82, 2.24) is 10.6 Å². The summed E-state index contributed by atoms with van der Waals surface area (Å²) in [5.41, 5.74) is 1.72. The Balaban J connectivity index is 0.00000364. The van der Waals surface area contributed by atoms with Crippen molar-refractivity contribution in [2.75, 3.05) is 25.0 Å². The molecule has 0 aliphatic heterocycles. The highest BCUT2D eigenvalue weighted by Gasteiger charge is 2.04. The van der Waals surface area contributed by atoms with Crippen LogP contribution in [0.15, 0.2) is 59.6 Å². The Morgan fingerprint density at radius 2 is 1.85 bits per heavy atom. The predicted octanol–water partition coefficient (Wildman–Crippen LogP) is 3.57. The monoisotopic (exact) mass is 484 g/mol. The average Bonchev–Trinajstić information content (AvgIpc) is 2.64. The van der Waals surface area contributed by atoms with Crippen LogP contribution in [0.25, 0.3) is 0 Å². The standard InChI is InChI=1S/C20H25FN4O.HI/c1-2-22-20(23-13-7-10-16-8-4-3-5-9-16)24-15-19(26)25-18-12-6-11-17(21)14-18;/h3-6,8-9,11-12,14H,2,7,10,13,15H2,1H3,(H,25,26)(H2,22,23,24);1H. The number of carbonyl (C=O) groups excluding carboxylic acids is 1. The van der Waals surface area contributed by atoms with Crippen molar-refractivity contribution < 1.29 is 9.18 Å². The number of nitrogens with one attached hydrogen (secondary N) is 3. The van der Waals surface area contributed by atoms with Gasteiger partial charge in [-0.15, -0.1) is 24.0 Å². The Bertz CT molecular complexity index is 725. The van der Waals surface area contributed by atoms with Crippen LogP contribution >= 0.6 is 24.0 Å². The van der Waals surface area contributed by atoms with Gasteiger partial charge in [-0.25, -0.2) is 9.38 Å². The first-order valence-electron chi connectivity index (χ1n) is 8.79. The fourth-order valence-electron chi connectivity index (χ4n) is 2.40. The number of anilines is 1. The molecule has 2 aromatic carbocycles. The fraction of sp³-hybridized carbons (Fsp3) is 0.300. The maximum absolute atomic E-state index is 13.1. The molecule has 0 aliphatic carbocycles. The minimum atomic E-state index is -0.389. The van der Waals surface area contributed by atoms with Crippen LogP contribution in [0.5, 0.6) is 0 Å². The van der Waals surface area contributed by atoms with Crippen LogP contribution in [0.2, 0.25) is 0 Å². The second-order valence-corrected chi connectivity index (χ2v) is 5.77. The minimum absolute atomic E-state index is 0. The number of benzene rings is 2. The first kappa shape index (κ1) is 22.9. The molecular weight excluding hydrogens is 458 g/mol. The summed E-state index contributed by atoms with van der Waals surface area (Å²) in [6.45, 7) is 3.39. The van der Waals surface area contributed by atoms with Gasteiger partial charge in [-0.3, -0.25) is 4.79 Å². The van der Waals surface area contributed by atoms with E-state index in [1.807, 2.05) is 25.1 Å². The van der Waals surface area contributed by atoms with Crippen LogP contribution in [-0.2, 0) is 11.2 Å². The van der Waals surface area contributed by atoms with Crippen molar-refractivity contribution in [2.45, 2.75) is 19.8 Å². The molecule has 27 heavy (non-hydrogen) atoms. The van der Waals surface area contributed by atoms with Crippen molar-refractivity contribution in [3.05, 3.63) is 66.0 Å².